The molecular weight excluding hydrogens is 348 g/mol. The predicted molar refractivity (Wildman–Crippen MR) is 114 cm³/mol. The van der Waals surface area contributed by atoms with Crippen LogP contribution in [0.1, 0.15) is 30.5 Å². The summed E-state index contributed by atoms with van der Waals surface area (Å²) < 4.78 is 10.7. The lowest BCUT2D eigenvalue weighted by molar-refractivity contribution is 0.412. The Morgan fingerprint density at radius 3 is 1.96 bits per heavy atom. The summed E-state index contributed by atoms with van der Waals surface area (Å²) in [6.45, 7) is 2.26. The van der Waals surface area contributed by atoms with Crippen LogP contribution in [0.3, 0.4) is 0 Å². The van der Waals surface area contributed by atoms with Crippen LogP contribution in [0.15, 0.2) is 72.8 Å². The molecule has 3 aromatic rings. The van der Waals surface area contributed by atoms with Crippen molar-refractivity contribution in [3.63, 3.8) is 0 Å². The fraction of sp³-hybridized carbons (Fsp3) is 0.250. The Labute approximate surface area is 166 Å². The van der Waals surface area contributed by atoms with E-state index in [4.69, 9.17) is 9.47 Å². The highest BCUT2D eigenvalue weighted by molar-refractivity contribution is 5.71. The van der Waals surface area contributed by atoms with Crippen molar-refractivity contribution in [1.29, 1.82) is 0 Å². The number of para-hydroxylation sites is 2. The second-order valence-electron chi connectivity index (χ2n) is 7.41. The number of rotatable bonds is 4. The van der Waals surface area contributed by atoms with Crippen molar-refractivity contribution < 1.29 is 9.47 Å². The Bertz CT molecular complexity index is 938. The normalized spacial score (nSPS) is 20.9. The molecule has 0 aromatic heterocycles. The van der Waals surface area contributed by atoms with E-state index in [0.717, 1.165) is 29.3 Å². The third-order valence-corrected chi connectivity index (χ3v) is 5.53. The summed E-state index contributed by atoms with van der Waals surface area (Å²) in [5.41, 5.74) is 4.44. The standard InChI is InChI=1S/C24H26N2O2/c1-24(18-10-14-20(28-3)15-11-18)16-23(17-8-12-19(27-2)13-9-17)25-21-6-4-5-7-22(21)26-24/h4-15,23,25-26H,16H2,1-3H3/t23-,24-/m0/s1. The minimum absolute atomic E-state index is 0.161. The molecule has 2 N–H and O–H groups in total. The van der Waals surface area contributed by atoms with Crippen molar-refractivity contribution in [1.82, 2.24) is 0 Å². The molecule has 0 saturated heterocycles. The molecule has 28 heavy (non-hydrogen) atoms. The monoisotopic (exact) mass is 374 g/mol. The fourth-order valence-corrected chi connectivity index (χ4v) is 3.90. The molecule has 3 aromatic carbocycles. The maximum Gasteiger partial charge on any atom is 0.118 e. The molecule has 4 rings (SSSR count). The molecule has 2 atom stereocenters. The smallest absolute Gasteiger partial charge is 0.118 e. The second-order valence-corrected chi connectivity index (χ2v) is 7.41. The number of nitrogens with one attached hydrogen (secondary N) is 2. The highest BCUT2D eigenvalue weighted by Gasteiger charge is 2.34. The van der Waals surface area contributed by atoms with Crippen LogP contribution in [0.2, 0.25) is 0 Å². The number of hydrogen-bond donors (Lipinski definition) is 2. The van der Waals surface area contributed by atoms with E-state index in [9.17, 15) is 0 Å². The highest BCUT2D eigenvalue weighted by atomic mass is 16.5. The molecular formula is C24H26N2O2. The predicted octanol–water partition coefficient (Wildman–Crippen LogP) is 5.59. The Morgan fingerprint density at radius 1 is 0.786 bits per heavy atom. The minimum Gasteiger partial charge on any atom is -0.497 e. The van der Waals surface area contributed by atoms with Crippen LogP contribution >= 0.6 is 0 Å². The maximum atomic E-state index is 5.34. The van der Waals surface area contributed by atoms with Gasteiger partial charge in [0.2, 0.25) is 0 Å². The summed E-state index contributed by atoms with van der Waals surface area (Å²) in [4.78, 5) is 0. The topological polar surface area (TPSA) is 42.5 Å². The number of methoxy groups -OCH3 is 2. The van der Waals surface area contributed by atoms with Crippen molar-refractivity contribution in [3.8, 4) is 11.5 Å². The van der Waals surface area contributed by atoms with E-state index in [-0.39, 0.29) is 11.6 Å². The molecule has 0 saturated carbocycles. The van der Waals surface area contributed by atoms with Crippen LogP contribution in [0, 0.1) is 0 Å². The molecule has 1 aliphatic rings. The lowest BCUT2D eigenvalue weighted by atomic mass is 9.83. The van der Waals surface area contributed by atoms with Gasteiger partial charge in [0.15, 0.2) is 0 Å². The SMILES string of the molecule is COc1ccc([C@@H]2C[C@@](C)(c3ccc(OC)cc3)Nc3ccccc3N2)cc1. The van der Waals surface area contributed by atoms with E-state index < -0.39 is 0 Å². The minimum atomic E-state index is -0.240. The number of ether oxygens (including phenoxy) is 2. The summed E-state index contributed by atoms with van der Waals surface area (Å²) >= 11 is 0. The van der Waals surface area contributed by atoms with E-state index >= 15 is 0 Å². The molecule has 0 spiro atoms. The van der Waals surface area contributed by atoms with Crippen LogP contribution < -0.4 is 20.1 Å². The van der Waals surface area contributed by atoms with E-state index in [0.29, 0.717) is 0 Å². The Kier molecular flexibility index (Phi) is 4.86. The largest absolute Gasteiger partial charge is 0.497 e. The summed E-state index contributed by atoms with van der Waals surface area (Å²) in [6.07, 6.45) is 0.889. The maximum absolute atomic E-state index is 5.34. The highest BCUT2D eigenvalue weighted by Crippen LogP contribution is 2.42. The van der Waals surface area contributed by atoms with Crippen molar-refractivity contribution in [2.24, 2.45) is 0 Å². The average Bonchev–Trinajstić information content (AvgIpc) is 2.90. The first-order chi connectivity index (χ1) is 13.6. The quantitative estimate of drug-likeness (QED) is 0.625. The van der Waals surface area contributed by atoms with Gasteiger partial charge in [-0.1, -0.05) is 36.4 Å². The summed E-state index contributed by atoms with van der Waals surface area (Å²) in [5, 5.41) is 7.52. The molecule has 0 fully saturated rings. The first-order valence-corrected chi connectivity index (χ1v) is 9.53. The van der Waals surface area contributed by atoms with Gasteiger partial charge in [-0.05, 0) is 60.9 Å². The van der Waals surface area contributed by atoms with Crippen LogP contribution in [-0.4, -0.2) is 14.2 Å². The Balaban J connectivity index is 1.75. The molecule has 1 heterocycles. The zero-order chi connectivity index (χ0) is 19.6. The van der Waals surface area contributed by atoms with Gasteiger partial charge in [-0.25, -0.2) is 0 Å². The lowest BCUT2D eigenvalue weighted by Gasteiger charge is -2.33. The van der Waals surface area contributed by atoms with Gasteiger partial charge in [-0.3, -0.25) is 0 Å². The van der Waals surface area contributed by atoms with Gasteiger partial charge in [-0.2, -0.15) is 0 Å². The third-order valence-electron chi connectivity index (χ3n) is 5.53. The van der Waals surface area contributed by atoms with Crippen molar-refractivity contribution in [2.75, 3.05) is 24.9 Å². The number of benzene rings is 3. The van der Waals surface area contributed by atoms with Crippen LogP contribution in [0.4, 0.5) is 11.4 Å². The van der Waals surface area contributed by atoms with Gasteiger partial charge >= 0.3 is 0 Å². The molecule has 144 valence electrons. The van der Waals surface area contributed by atoms with E-state index in [2.05, 4.69) is 66.1 Å². The molecule has 1 aliphatic heterocycles. The van der Waals surface area contributed by atoms with Crippen LogP contribution in [0.25, 0.3) is 0 Å². The van der Waals surface area contributed by atoms with Crippen molar-refractivity contribution in [3.05, 3.63) is 83.9 Å². The first-order valence-electron chi connectivity index (χ1n) is 9.53. The van der Waals surface area contributed by atoms with Crippen LogP contribution in [-0.2, 0) is 5.54 Å². The van der Waals surface area contributed by atoms with E-state index in [1.807, 2.05) is 24.3 Å². The van der Waals surface area contributed by atoms with Gasteiger partial charge in [-0.15, -0.1) is 0 Å². The van der Waals surface area contributed by atoms with E-state index in [1.165, 1.54) is 11.1 Å². The van der Waals surface area contributed by atoms with Gasteiger partial charge in [0, 0.05) is 0 Å². The van der Waals surface area contributed by atoms with Gasteiger partial charge in [0.25, 0.3) is 0 Å². The molecule has 0 amide bonds. The second kappa shape index (κ2) is 7.47. The summed E-state index contributed by atoms with van der Waals surface area (Å²) in [5.74, 6) is 1.74. The molecule has 0 radical (unpaired) electrons. The van der Waals surface area contributed by atoms with Crippen LogP contribution in [0.5, 0.6) is 11.5 Å². The van der Waals surface area contributed by atoms with E-state index in [1.54, 1.807) is 14.2 Å². The number of anilines is 2. The molecule has 4 heteroatoms. The Hall–Kier alpha value is -3.14. The van der Waals surface area contributed by atoms with Gasteiger partial charge in [0.1, 0.15) is 11.5 Å². The molecule has 4 nitrogen and oxygen atoms in total. The molecule has 0 unspecified atom stereocenters. The first kappa shape index (κ1) is 18.2. The van der Waals surface area contributed by atoms with Gasteiger partial charge < -0.3 is 20.1 Å². The average molecular weight is 374 g/mol. The lowest BCUT2D eigenvalue weighted by Crippen LogP contribution is -2.33. The zero-order valence-corrected chi connectivity index (χ0v) is 16.5. The third kappa shape index (κ3) is 3.50. The Morgan fingerprint density at radius 2 is 1.36 bits per heavy atom. The zero-order valence-electron chi connectivity index (χ0n) is 16.5. The number of fused-ring (bicyclic) bond motifs is 1. The van der Waals surface area contributed by atoms with Crippen molar-refractivity contribution in [2.45, 2.75) is 24.9 Å². The molecule has 0 bridgehead atoms. The van der Waals surface area contributed by atoms with Gasteiger partial charge in [0.05, 0.1) is 37.2 Å². The summed E-state index contributed by atoms with van der Waals surface area (Å²) in [6, 6.07) is 25.2. The summed E-state index contributed by atoms with van der Waals surface area (Å²) in [7, 11) is 3.39. The molecule has 0 aliphatic carbocycles. The van der Waals surface area contributed by atoms with Crippen molar-refractivity contribution >= 4 is 11.4 Å². The fourth-order valence-electron chi connectivity index (χ4n) is 3.90. The number of hydrogen-bond acceptors (Lipinski definition) is 4.